The van der Waals surface area contributed by atoms with Gasteiger partial charge in [-0.3, -0.25) is 4.79 Å². The zero-order valence-corrected chi connectivity index (χ0v) is 10.8. The monoisotopic (exact) mass is 246 g/mol. The largest absolute Gasteiger partial charge is 0.301 e. The Morgan fingerprint density at radius 2 is 2.22 bits per heavy atom. The lowest BCUT2D eigenvalue weighted by Gasteiger charge is -2.28. The van der Waals surface area contributed by atoms with Gasteiger partial charge in [0.25, 0.3) is 5.56 Å². The van der Waals surface area contributed by atoms with Gasteiger partial charge in [-0.2, -0.15) is 5.10 Å². The molecule has 0 saturated heterocycles. The van der Waals surface area contributed by atoms with E-state index >= 15 is 0 Å². The number of carbonyl (C=O) groups is 1. The predicted octanol–water partition coefficient (Wildman–Crippen LogP) is 2.04. The van der Waals surface area contributed by atoms with Gasteiger partial charge < -0.3 is 4.79 Å². The van der Waals surface area contributed by atoms with E-state index in [1.807, 2.05) is 0 Å². The van der Waals surface area contributed by atoms with Crippen LogP contribution in [0.4, 0.5) is 0 Å². The fourth-order valence-corrected chi connectivity index (χ4v) is 2.13. The molecule has 1 aromatic heterocycles. The zero-order valence-electron chi connectivity index (χ0n) is 10.8. The molecule has 0 amide bonds. The van der Waals surface area contributed by atoms with Crippen LogP contribution in [-0.2, 0) is 11.3 Å². The number of rotatable bonds is 3. The Hall–Kier alpha value is -1.71. The summed E-state index contributed by atoms with van der Waals surface area (Å²) in [6.07, 6.45) is 6.00. The lowest BCUT2D eigenvalue weighted by atomic mass is 9.78. The highest BCUT2D eigenvalue weighted by Crippen LogP contribution is 2.37. The van der Waals surface area contributed by atoms with Crippen molar-refractivity contribution in [1.29, 1.82) is 0 Å². The molecule has 0 unspecified atom stereocenters. The first kappa shape index (κ1) is 12.7. The highest BCUT2D eigenvalue weighted by atomic mass is 16.1. The van der Waals surface area contributed by atoms with Crippen molar-refractivity contribution in [1.82, 2.24) is 9.78 Å². The molecule has 0 radical (unpaired) electrons. The van der Waals surface area contributed by atoms with Crippen molar-refractivity contribution < 1.29 is 4.79 Å². The minimum Gasteiger partial charge on any atom is -0.301 e. The maximum Gasteiger partial charge on any atom is 0.267 e. The Morgan fingerprint density at radius 3 is 2.83 bits per heavy atom. The number of hydrogen-bond donors (Lipinski definition) is 0. The molecule has 1 heterocycles. The summed E-state index contributed by atoms with van der Waals surface area (Å²) in [6.45, 7) is 4.52. The van der Waals surface area contributed by atoms with Gasteiger partial charge in [0.15, 0.2) is 0 Å². The summed E-state index contributed by atoms with van der Waals surface area (Å²) in [7, 11) is 0. The topological polar surface area (TPSA) is 52.0 Å². The summed E-state index contributed by atoms with van der Waals surface area (Å²) in [4.78, 5) is 22.0. The summed E-state index contributed by atoms with van der Waals surface area (Å²) >= 11 is 0. The molecule has 1 aliphatic carbocycles. The quantitative estimate of drug-likeness (QED) is 0.767. The molecule has 4 nitrogen and oxygen atoms in total. The molecule has 2 rings (SSSR count). The molecule has 0 fully saturated rings. The number of allylic oxidation sites excluding steroid dienone is 2. The van der Waals surface area contributed by atoms with Crippen LogP contribution in [0.3, 0.4) is 0 Å². The van der Waals surface area contributed by atoms with Crippen LogP contribution in [0.25, 0.3) is 5.57 Å². The van der Waals surface area contributed by atoms with Gasteiger partial charge in [0, 0.05) is 6.07 Å². The first-order chi connectivity index (χ1) is 8.52. The summed E-state index contributed by atoms with van der Waals surface area (Å²) in [6, 6.07) is 3.22. The molecule has 1 aromatic rings. The highest BCUT2D eigenvalue weighted by molar-refractivity contribution is 5.63. The van der Waals surface area contributed by atoms with Crippen molar-refractivity contribution in [2.75, 3.05) is 0 Å². The summed E-state index contributed by atoms with van der Waals surface area (Å²) in [5, 5.41) is 4.24. The molecule has 0 atom stereocenters. The summed E-state index contributed by atoms with van der Waals surface area (Å²) < 4.78 is 1.21. The average molecular weight is 246 g/mol. The Morgan fingerprint density at radius 1 is 1.44 bits per heavy atom. The van der Waals surface area contributed by atoms with Crippen LogP contribution in [-0.4, -0.2) is 16.1 Å². The Balaban J connectivity index is 2.30. The molecular formula is C14H18N2O2. The first-order valence-electron chi connectivity index (χ1n) is 6.23. The SMILES string of the molecule is CC1(C)CC=C(c2ccc(=O)n(CC=O)n2)CC1. The second kappa shape index (κ2) is 4.88. The molecule has 1 aliphatic rings. The van der Waals surface area contributed by atoms with Crippen LogP contribution in [0, 0.1) is 5.41 Å². The van der Waals surface area contributed by atoms with Gasteiger partial charge in [0.05, 0.1) is 5.69 Å². The van der Waals surface area contributed by atoms with Crippen LogP contribution in [0.2, 0.25) is 0 Å². The maximum absolute atomic E-state index is 11.5. The van der Waals surface area contributed by atoms with Crippen LogP contribution in [0.1, 0.15) is 38.8 Å². The lowest BCUT2D eigenvalue weighted by molar-refractivity contribution is -0.108. The van der Waals surface area contributed by atoms with Crippen molar-refractivity contribution >= 4 is 11.9 Å². The van der Waals surface area contributed by atoms with Crippen LogP contribution in [0.5, 0.6) is 0 Å². The molecule has 0 saturated carbocycles. The second-order valence-electron chi connectivity index (χ2n) is 5.50. The van der Waals surface area contributed by atoms with Gasteiger partial charge in [0.1, 0.15) is 12.8 Å². The maximum atomic E-state index is 11.5. The molecule has 0 spiro atoms. The van der Waals surface area contributed by atoms with E-state index in [1.54, 1.807) is 6.07 Å². The number of carbonyl (C=O) groups excluding carboxylic acids is 1. The molecule has 18 heavy (non-hydrogen) atoms. The van der Waals surface area contributed by atoms with Gasteiger partial charge in [0.2, 0.25) is 0 Å². The Kier molecular flexibility index (Phi) is 3.45. The number of aromatic nitrogens is 2. The minimum absolute atomic E-state index is 0.0193. The van der Waals surface area contributed by atoms with Crippen LogP contribution in [0.15, 0.2) is 23.0 Å². The van der Waals surface area contributed by atoms with E-state index in [0.717, 1.165) is 25.0 Å². The number of aldehydes is 1. The fourth-order valence-electron chi connectivity index (χ4n) is 2.13. The number of hydrogen-bond acceptors (Lipinski definition) is 3. The van der Waals surface area contributed by atoms with E-state index in [1.165, 1.54) is 16.3 Å². The van der Waals surface area contributed by atoms with E-state index in [9.17, 15) is 9.59 Å². The van der Waals surface area contributed by atoms with E-state index in [0.29, 0.717) is 11.7 Å². The molecule has 0 aliphatic heterocycles. The van der Waals surface area contributed by atoms with Crippen molar-refractivity contribution in [3.63, 3.8) is 0 Å². The third-order valence-corrected chi connectivity index (χ3v) is 3.42. The normalized spacial score (nSPS) is 18.2. The fraction of sp³-hybridized carbons (Fsp3) is 0.500. The second-order valence-corrected chi connectivity index (χ2v) is 5.50. The van der Waals surface area contributed by atoms with E-state index in [4.69, 9.17) is 0 Å². The minimum atomic E-state index is -0.234. The third kappa shape index (κ3) is 2.75. The van der Waals surface area contributed by atoms with Crippen molar-refractivity contribution in [2.45, 2.75) is 39.7 Å². The Labute approximate surface area is 106 Å². The smallest absolute Gasteiger partial charge is 0.267 e. The molecule has 0 aromatic carbocycles. The molecular weight excluding hydrogens is 228 g/mol. The average Bonchev–Trinajstić information content (AvgIpc) is 2.32. The van der Waals surface area contributed by atoms with Crippen molar-refractivity contribution in [3.8, 4) is 0 Å². The zero-order chi connectivity index (χ0) is 13.2. The molecule has 0 bridgehead atoms. The Bertz CT molecular complexity index is 541. The highest BCUT2D eigenvalue weighted by Gasteiger charge is 2.22. The van der Waals surface area contributed by atoms with Crippen molar-refractivity contribution in [3.05, 3.63) is 34.3 Å². The van der Waals surface area contributed by atoms with Crippen LogP contribution >= 0.6 is 0 Å². The molecule has 96 valence electrons. The molecule has 0 N–H and O–H groups in total. The summed E-state index contributed by atoms with van der Waals surface area (Å²) in [5.74, 6) is 0. The van der Waals surface area contributed by atoms with Crippen molar-refractivity contribution in [2.24, 2.45) is 5.41 Å². The van der Waals surface area contributed by atoms with Gasteiger partial charge in [-0.05, 0) is 36.3 Å². The molecule has 4 heteroatoms. The predicted molar refractivity (Wildman–Crippen MR) is 70.2 cm³/mol. The first-order valence-corrected chi connectivity index (χ1v) is 6.23. The lowest BCUT2D eigenvalue weighted by Crippen LogP contribution is -2.24. The van der Waals surface area contributed by atoms with E-state index < -0.39 is 0 Å². The standard InChI is InChI=1S/C14H18N2O2/c1-14(2)7-5-11(6-8-14)12-3-4-13(18)16(15-12)9-10-17/h3-5,10H,6-9H2,1-2H3. The number of nitrogens with zero attached hydrogens (tertiary/aromatic N) is 2. The van der Waals surface area contributed by atoms with Gasteiger partial charge >= 0.3 is 0 Å². The van der Waals surface area contributed by atoms with Gasteiger partial charge in [-0.25, -0.2) is 4.68 Å². The van der Waals surface area contributed by atoms with Crippen LogP contribution < -0.4 is 5.56 Å². The van der Waals surface area contributed by atoms with E-state index in [2.05, 4.69) is 25.0 Å². The van der Waals surface area contributed by atoms with Gasteiger partial charge in [-0.15, -0.1) is 0 Å². The van der Waals surface area contributed by atoms with E-state index in [-0.39, 0.29) is 12.1 Å². The summed E-state index contributed by atoms with van der Waals surface area (Å²) in [5.41, 5.74) is 2.10. The van der Waals surface area contributed by atoms with Gasteiger partial charge in [-0.1, -0.05) is 19.9 Å². The third-order valence-electron chi connectivity index (χ3n) is 3.42.